The molecule has 0 spiro atoms. The maximum atomic E-state index is 11.5. The third kappa shape index (κ3) is 9.27. The van der Waals surface area contributed by atoms with Gasteiger partial charge in [-0.3, -0.25) is 4.99 Å². The van der Waals surface area contributed by atoms with Crippen LogP contribution in [0.3, 0.4) is 0 Å². The number of rotatable bonds is 8. The Morgan fingerprint density at radius 2 is 1.81 bits per heavy atom. The van der Waals surface area contributed by atoms with Gasteiger partial charge in [-0.15, -0.1) is 0 Å². The van der Waals surface area contributed by atoms with Crippen LogP contribution in [0.2, 0.25) is 0 Å². The van der Waals surface area contributed by atoms with Gasteiger partial charge in [-0.1, -0.05) is 30.3 Å². The molecule has 1 aromatic carbocycles. The minimum atomic E-state index is -0.490. The highest BCUT2D eigenvalue weighted by atomic mass is 16.6. The van der Waals surface area contributed by atoms with Crippen molar-refractivity contribution < 1.29 is 14.6 Å². The predicted octanol–water partition coefficient (Wildman–Crippen LogP) is 1.84. The van der Waals surface area contributed by atoms with Crippen LogP contribution in [0.25, 0.3) is 0 Å². The van der Waals surface area contributed by atoms with Gasteiger partial charge in [0.05, 0.1) is 6.61 Å². The molecular formula is C19H32N4O3. The zero-order valence-electron chi connectivity index (χ0n) is 16.2. The molecule has 0 aliphatic carbocycles. The molecule has 1 aromatic rings. The number of carbonyl (C=O) groups excluding carboxylic acids is 1. The molecule has 1 atom stereocenters. The molecule has 7 nitrogen and oxygen atoms in total. The van der Waals surface area contributed by atoms with Crippen LogP contribution in [0.4, 0.5) is 4.79 Å². The van der Waals surface area contributed by atoms with Crippen LogP contribution < -0.4 is 16.0 Å². The van der Waals surface area contributed by atoms with Gasteiger partial charge in [0.15, 0.2) is 5.96 Å². The second-order valence-electron chi connectivity index (χ2n) is 6.95. The fraction of sp³-hybridized carbons (Fsp3) is 0.579. The third-order valence-electron chi connectivity index (χ3n) is 3.55. The van der Waals surface area contributed by atoms with Crippen LogP contribution in [-0.4, -0.2) is 56.0 Å². The molecule has 0 radical (unpaired) electrons. The molecule has 7 heteroatoms. The van der Waals surface area contributed by atoms with E-state index in [0.717, 1.165) is 12.0 Å². The summed E-state index contributed by atoms with van der Waals surface area (Å²) in [5.41, 5.74) is 0.593. The van der Waals surface area contributed by atoms with Crippen molar-refractivity contribution in [2.45, 2.75) is 38.7 Å². The molecule has 0 fully saturated rings. The highest BCUT2D eigenvalue weighted by Gasteiger charge is 2.15. The zero-order valence-corrected chi connectivity index (χ0v) is 16.2. The van der Waals surface area contributed by atoms with Crippen molar-refractivity contribution in [2.24, 2.45) is 4.99 Å². The number of nitrogens with zero attached hydrogens (tertiary/aromatic N) is 1. The summed E-state index contributed by atoms with van der Waals surface area (Å²) in [4.78, 5) is 15.7. The first-order chi connectivity index (χ1) is 12.4. The molecule has 0 bridgehead atoms. The Balaban J connectivity index is 2.26. The summed E-state index contributed by atoms with van der Waals surface area (Å²) in [6.07, 6.45) is 0.329. The lowest BCUT2D eigenvalue weighted by Crippen LogP contribution is -2.41. The van der Waals surface area contributed by atoms with Gasteiger partial charge in [-0.2, -0.15) is 0 Å². The molecule has 0 saturated carbocycles. The number of guanidine groups is 1. The summed E-state index contributed by atoms with van der Waals surface area (Å²) in [6, 6.07) is 9.88. The first-order valence-electron chi connectivity index (χ1n) is 8.93. The van der Waals surface area contributed by atoms with E-state index in [1.54, 1.807) is 7.05 Å². The molecule has 0 aliphatic rings. The summed E-state index contributed by atoms with van der Waals surface area (Å²) in [7, 11) is 1.70. The average molecular weight is 364 g/mol. The SMILES string of the molecule is CN=C(NCCCNC(=O)OC(C)(C)C)NCC(CO)c1ccccc1. The van der Waals surface area contributed by atoms with Gasteiger partial charge in [-0.25, -0.2) is 4.79 Å². The number of hydrogen-bond donors (Lipinski definition) is 4. The number of aliphatic hydroxyl groups excluding tert-OH is 1. The van der Waals surface area contributed by atoms with Crippen LogP contribution in [0.5, 0.6) is 0 Å². The third-order valence-corrected chi connectivity index (χ3v) is 3.55. The van der Waals surface area contributed by atoms with Crippen LogP contribution >= 0.6 is 0 Å². The van der Waals surface area contributed by atoms with Crippen LogP contribution in [0.15, 0.2) is 35.3 Å². The number of amides is 1. The van der Waals surface area contributed by atoms with Gasteiger partial charge in [0.2, 0.25) is 0 Å². The molecule has 1 amide bonds. The lowest BCUT2D eigenvalue weighted by molar-refractivity contribution is 0.0527. The molecule has 4 N–H and O–H groups in total. The number of benzene rings is 1. The van der Waals surface area contributed by atoms with Crippen molar-refractivity contribution in [3.63, 3.8) is 0 Å². The monoisotopic (exact) mass is 364 g/mol. The van der Waals surface area contributed by atoms with E-state index in [2.05, 4.69) is 20.9 Å². The highest BCUT2D eigenvalue weighted by Crippen LogP contribution is 2.13. The smallest absolute Gasteiger partial charge is 0.407 e. The number of hydrogen-bond acceptors (Lipinski definition) is 4. The van der Waals surface area contributed by atoms with E-state index < -0.39 is 11.7 Å². The quantitative estimate of drug-likeness (QED) is 0.321. The minimum absolute atomic E-state index is 0.00332. The Bertz CT molecular complexity index is 556. The first-order valence-corrected chi connectivity index (χ1v) is 8.93. The molecule has 1 unspecified atom stereocenters. The highest BCUT2D eigenvalue weighted by molar-refractivity contribution is 5.79. The zero-order chi connectivity index (χ0) is 19.4. The van der Waals surface area contributed by atoms with Gasteiger partial charge in [0.1, 0.15) is 5.60 Å². The van der Waals surface area contributed by atoms with Crippen LogP contribution in [0, 0.1) is 0 Å². The Morgan fingerprint density at radius 3 is 2.38 bits per heavy atom. The van der Waals surface area contributed by atoms with E-state index in [9.17, 15) is 9.90 Å². The van der Waals surface area contributed by atoms with Crippen molar-refractivity contribution in [1.29, 1.82) is 0 Å². The largest absolute Gasteiger partial charge is 0.444 e. The molecule has 0 saturated heterocycles. The van der Waals surface area contributed by atoms with Crippen molar-refractivity contribution in [3.8, 4) is 0 Å². The van der Waals surface area contributed by atoms with Crippen molar-refractivity contribution in [3.05, 3.63) is 35.9 Å². The van der Waals surface area contributed by atoms with Crippen molar-refractivity contribution in [1.82, 2.24) is 16.0 Å². The average Bonchev–Trinajstić information content (AvgIpc) is 2.59. The standard InChI is InChI=1S/C19H32N4O3/c1-19(2,3)26-18(25)22-12-8-11-21-17(20-4)23-13-16(14-24)15-9-6-5-7-10-15/h5-7,9-10,16,24H,8,11-14H2,1-4H3,(H,22,25)(H2,20,21,23). The molecule has 0 heterocycles. The molecule has 146 valence electrons. The number of carbonyl (C=O) groups is 1. The second-order valence-corrected chi connectivity index (χ2v) is 6.95. The topological polar surface area (TPSA) is 95.0 Å². The van der Waals surface area contributed by atoms with E-state index in [4.69, 9.17) is 4.74 Å². The van der Waals surface area contributed by atoms with Crippen molar-refractivity contribution >= 4 is 12.1 Å². The normalized spacial score (nSPS) is 13.0. The maximum absolute atomic E-state index is 11.5. The summed E-state index contributed by atoms with van der Waals surface area (Å²) in [5.74, 6) is 0.667. The lowest BCUT2D eigenvalue weighted by Gasteiger charge is -2.20. The molecule has 0 aromatic heterocycles. The van der Waals surface area contributed by atoms with E-state index >= 15 is 0 Å². The van der Waals surface area contributed by atoms with Crippen LogP contribution in [-0.2, 0) is 4.74 Å². The first kappa shape index (κ1) is 21.8. The molecule has 26 heavy (non-hydrogen) atoms. The van der Waals surface area contributed by atoms with Gasteiger partial charge in [0, 0.05) is 32.6 Å². The van der Waals surface area contributed by atoms with Gasteiger partial charge in [-0.05, 0) is 32.8 Å². The maximum Gasteiger partial charge on any atom is 0.407 e. The number of aliphatic imine (C=N–C) groups is 1. The Kier molecular flexibility index (Phi) is 9.51. The molecule has 1 rings (SSSR count). The van der Waals surface area contributed by atoms with E-state index in [0.29, 0.717) is 25.6 Å². The number of alkyl carbamates (subject to hydrolysis) is 1. The van der Waals surface area contributed by atoms with E-state index in [1.807, 2.05) is 51.1 Å². The number of nitrogens with one attached hydrogen (secondary N) is 3. The molecular weight excluding hydrogens is 332 g/mol. The Labute approximate surface area is 156 Å². The fourth-order valence-corrected chi connectivity index (χ4v) is 2.25. The molecule has 0 aliphatic heterocycles. The summed E-state index contributed by atoms with van der Waals surface area (Å²) >= 11 is 0. The summed E-state index contributed by atoms with van der Waals surface area (Å²) in [6.45, 7) is 7.31. The van der Waals surface area contributed by atoms with Gasteiger partial charge in [0.25, 0.3) is 0 Å². The van der Waals surface area contributed by atoms with Gasteiger partial charge >= 0.3 is 6.09 Å². The fourth-order valence-electron chi connectivity index (χ4n) is 2.25. The van der Waals surface area contributed by atoms with Gasteiger partial charge < -0.3 is 25.8 Å². The summed E-state index contributed by atoms with van der Waals surface area (Å²) in [5, 5.41) is 18.7. The Morgan fingerprint density at radius 1 is 1.15 bits per heavy atom. The lowest BCUT2D eigenvalue weighted by atomic mass is 10.0. The number of aliphatic hydroxyl groups is 1. The van der Waals surface area contributed by atoms with Crippen LogP contribution in [0.1, 0.15) is 38.7 Å². The predicted molar refractivity (Wildman–Crippen MR) is 104 cm³/mol. The van der Waals surface area contributed by atoms with E-state index in [-0.39, 0.29) is 12.5 Å². The Hall–Kier alpha value is -2.28. The van der Waals surface area contributed by atoms with Crippen molar-refractivity contribution in [2.75, 3.05) is 33.3 Å². The minimum Gasteiger partial charge on any atom is -0.444 e. The summed E-state index contributed by atoms with van der Waals surface area (Å²) < 4.78 is 5.18. The second kappa shape index (κ2) is 11.4. The van der Waals surface area contributed by atoms with E-state index in [1.165, 1.54) is 0 Å². The number of ether oxygens (including phenoxy) is 1.